The van der Waals surface area contributed by atoms with E-state index in [0.717, 1.165) is 32.0 Å². The van der Waals surface area contributed by atoms with E-state index in [9.17, 15) is 4.79 Å². The third kappa shape index (κ3) is 2.72. The van der Waals surface area contributed by atoms with Gasteiger partial charge in [-0.25, -0.2) is 4.98 Å². The number of aryl methyl sites for hydroxylation is 1. The molecule has 112 valence electrons. The number of carboxylic acids is 1. The van der Waals surface area contributed by atoms with Gasteiger partial charge in [0.1, 0.15) is 0 Å². The topological polar surface area (TPSA) is 63.1 Å². The zero-order chi connectivity index (χ0) is 15.7. The summed E-state index contributed by atoms with van der Waals surface area (Å²) in [4.78, 5) is 21.2. The van der Waals surface area contributed by atoms with Crippen LogP contribution in [-0.4, -0.2) is 21.0 Å². The highest BCUT2D eigenvalue weighted by Crippen LogP contribution is 2.37. The van der Waals surface area contributed by atoms with Crippen molar-refractivity contribution in [3.8, 4) is 11.3 Å². The van der Waals surface area contributed by atoms with Gasteiger partial charge in [0.05, 0.1) is 22.6 Å². The first kappa shape index (κ1) is 14.7. The first-order valence-electron chi connectivity index (χ1n) is 7.09. The van der Waals surface area contributed by atoms with Crippen LogP contribution in [-0.2, 0) is 4.79 Å². The number of hydrogen-bond donors (Lipinski definition) is 1. The summed E-state index contributed by atoms with van der Waals surface area (Å²) in [6.07, 6.45) is 1.87. The Kier molecular flexibility index (Phi) is 3.90. The largest absolute Gasteiger partial charge is 0.481 e. The summed E-state index contributed by atoms with van der Waals surface area (Å²) < 4.78 is 0. The minimum atomic E-state index is -0.791. The maximum absolute atomic E-state index is 11.0. The van der Waals surface area contributed by atoms with Gasteiger partial charge in [0, 0.05) is 27.9 Å². The predicted octanol–water partition coefficient (Wildman–Crippen LogP) is 4.24. The molecule has 1 aromatic carbocycles. The maximum atomic E-state index is 11.0. The highest BCUT2D eigenvalue weighted by atomic mass is 32.1. The number of benzene rings is 1. The molecule has 0 aliphatic carbocycles. The lowest BCUT2D eigenvalue weighted by Gasteiger charge is -2.10. The highest BCUT2D eigenvalue weighted by Gasteiger charge is 2.20. The fourth-order valence-electron chi connectivity index (χ4n) is 2.62. The molecule has 2 aromatic heterocycles. The number of carbonyl (C=O) groups is 1. The molecule has 1 unspecified atom stereocenters. The molecule has 0 spiro atoms. The minimum absolute atomic E-state index is 0.0716. The summed E-state index contributed by atoms with van der Waals surface area (Å²) in [6, 6.07) is 9.93. The Balaban J connectivity index is 2.17. The van der Waals surface area contributed by atoms with Gasteiger partial charge in [-0.2, -0.15) is 0 Å². The number of carboxylic acid groups (broad SMARTS) is 1. The molecule has 0 fully saturated rings. The third-order valence-corrected chi connectivity index (χ3v) is 4.78. The average molecular weight is 312 g/mol. The number of thiazole rings is 1. The quantitative estimate of drug-likeness (QED) is 0.782. The van der Waals surface area contributed by atoms with Gasteiger partial charge in [0.25, 0.3) is 0 Å². The number of hydrogen-bond acceptors (Lipinski definition) is 4. The number of aromatic nitrogens is 2. The van der Waals surface area contributed by atoms with Crippen LogP contribution < -0.4 is 0 Å². The molecule has 1 N–H and O–H groups in total. The van der Waals surface area contributed by atoms with Crippen molar-refractivity contribution in [3.63, 3.8) is 0 Å². The van der Waals surface area contributed by atoms with Crippen molar-refractivity contribution >= 4 is 28.2 Å². The van der Waals surface area contributed by atoms with E-state index < -0.39 is 5.97 Å². The maximum Gasteiger partial charge on any atom is 0.303 e. The van der Waals surface area contributed by atoms with Crippen LogP contribution in [0.2, 0.25) is 0 Å². The molecule has 5 heteroatoms. The van der Waals surface area contributed by atoms with Gasteiger partial charge in [-0.15, -0.1) is 11.3 Å². The smallest absolute Gasteiger partial charge is 0.303 e. The molecule has 22 heavy (non-hydrogen) atoms. The Hall–Kier alpha value is -2.27. The van der Waals surface area contributed by atoms with E-state index in [2.05, 4.69) is 9.97 Å². The fraction of sp³-hybridized carbons (Fsp3) is 0.235. The van der Waals surface area contributed by atoms with Gasteiger partial charge < -0.3 is 5.11 Å². The van der Waals surface area contributed by atoms with Crippen LogP contribution in [0, 0.1) is 6.92 Å². The average Bonchev–Trinajstić information content (AvgIpc) is 2.88. The summed E-state index contributed by atoms with van der Waals surface area (Å²) in [7, 11) is 0. The standard InChI is InChI=1S/C17H16N2O2S/c1-10(9-14(20)21)17-16(19-11(2)22-17)13-7-3-5-12-6-4-8-18-15(12)13/h3-8,10H,9H2,1-2H3,(H,20,21). The molecule has 3 aromatic rings. The van der Waals surface area contributed by atoms with E-state index in [-0.39, 0.29) is 12.3 Å². The number of pyridine rings is 1. The van der Waals surface area contributed by atoms with Crippen LogP contribution in [0.3, 0.4) is 0 Å². The molecule has 3 rings (SSSR count). The van der Waals surface area contributed by atoms with Gasteiger partial charge in [-0.3, -0.25) is 9.78 Å². The zero-order valence-electron chi connectivity index (χ0n) is 12.4. The third-order valence-electron chi connectivity index (χ3n) is 3.58. The van der Waals surface area contributed by atoms with Gasteiger partial charge >= 0.3 is 5.97 Å². The highest BCUT2D eigenvalue weighted by molar-refractivity contribution is 7.12. The molecule has 0 saturated heterocycles. The number of aliphatic carboxylic acids is 1. The molecule has 0 amide bonds. The van der Waals surface area contributed by atoms with E-state index in [0.29, 0.717) is 0 Å². The Morgan fingerprint density at radius 1 is 1.32 bits per heavy atom. The van der Waals surface area contributed by atoms with Crippen LogP contribution >= 0.6 is 11.3 Å². The molecule has 4 nitrogen and oxygen atoms in total. The number of rotatable bonds is 4. The molecule has 2 heterocycles. The molecular weight excluding hydrogens is 296 g/mol. The van der Waals surface area contributed by atoms with E-state index in [4.69, 9.17) is 5.11 Å². The Labute approximate surface area is 132 Å². The summed E-state index contributed by atoms with van der Waals surface area (Å²) in [5, 5.41) is 11.1. The lowest BCUT2D eigenvalue weighted by Crippen LogP contribution is -2.02. The molecule has 0 aliphatic heterocycles. The SMILES string of the molecule is Cc1nc(-c2cccc3cccnc23)c(C(C)CC(=O)O)s1. The van der Waals surface area contributed by atoms with Crippen molar-refractivity contribution in [3.05, 3.63) is 46.4 Å². The predicted molar refractivity (Wildman–Crippen MR) is 88.3 cm³/mol. The Morgan fingerprint density at radius 2 is 2.09 bits per heavy atom. The lowest BCUT2D eigenvalue weighted by atomic mass is 9.99. The number of fused-ring (bicyclic) bond motifs is 1. The second-order valence-corrected chi connectivity index (χ2v) is 6.56. The van der Waals surface area contributed by atoms with Gasteiger partial charge in [0.15, 0.2) is 0 Å². The fourth-order valence-corrected chi connectivity index (χ4v) is 3.61. The van der Waals surface area contributed by atoms with Gasteiger partial charge in [0.2, 0.25) is 0 Å². The van der Waals surface area contributed by atoms with Crippen LogP contribution in [0.25, 0.3) is 22.2 Å². The molecule has 1 atom stereocenters. The second kappa shape index (κ2) is 5.85. The second-order valence-electron chi connectivity index (χ2n) is 5.33. The van der Waals surface area contributed by atoms with Crippen LogP contribution in [0.4, 0.5) is 0 Å². The number of nitrogens with zero attached hydrogens (tertiary/aromatic N) is 2. The Morgan fingerprint density at radius 3 is 2.86 bits per heavy atom. The summed E-state index contributed by atoms with van der Waals surface area (Å²) in [5.41, 5.74) is 2.73. The van der Waals surface area contributed by atoms with Crippen molar-refractivity contribution in [1.82, 2.24) is 9.97 Å². The monoisotopic (exact) mass is 312 g/mol. The zero-order valence-corrected chi connectivity index (χ0v) is 13.2. The Bertz CT molecular complexity index is 836. The van der Waals surface area contributed by atoms with Gasteiger partial charge in [-0.1, -0.05) is 31.2 Å². The minimum Gasteiger partial charge on any atom is -0.481 e. The summed E-state index contributed by atoms with van der Waals surface area (Å²) in [6.45, 7) is 3.88. The van der Waals surface area contributed by atoms with Crippen molar-refractivity contribution in [2.24, 2.45) is 0 Å². The van der Waals surface area contributed by atoms with Crippen LogP contribution in [0.5, 0.6) is 0 Å². The van der Waals surface area contributed by atoms with Crippen molar-refractivity contribution < 1.29 is 9.90 Å². The van der Waals surface area contributed by atoms with E-state index in [1.54, 1.807) is 17.5 Å². The number of para-hydroxylation sites is 1. The first-order valence-corrected chi connectivity index (χ1v) is 7.91. The van der Waals surface area contributed by atoms with Crippen molar-refractivity contribution in [2.75, 3.05) is 0 Å². The lowest BCUT2D eigenvalue weighted by molar-refractivity contribution is -0.137. The normalized spacial score (nSPS) is 12.5. The van der Waals surface area contributed by atoms with E-state index in [1.165, 1.54) is 0 Å². The molecule has 0 bridgehead atoms. The van der Waals surface area contributed by atoms with Gasteiger partial charge in [-0.05, 0) is 13.0 Å². The van der Waals surface area contributed by atoms with E-state index >= 15 is 0 Å². The van der Waals surface area contributed by atoms with Crippen LogP contribution in [0.1, 0.15) is 29.1 Å². The molecular formula is C17H16N2O2S. The first-order chi connectivity index (χ1) is 10.6. The van der Waals surface area contributed by atoms with Crippen LogP contribution in [0.15, 0.2) is 36.5 Å². The van der Waals surface area contributed by atoms with Crippen molar-refractivity contribution in [2.45, 2.75) is 26.2 Å². The summed E-state index contributed by atoms with van der Waals surface area (Å²) in [5.74, 6) is -0.863. The van der Waals surface area contributed by atoms with E-state index in [1.807, 2.05) is 44.2 Å². The molecule has 0 aliphatic rings. The molecule has 0 radical (unpaired) electrons. The molecule has 0 saturated carbocycles. The summed E-state index contributed by atoms with van der Waals surface area (Å²) >= 11 is 1.57. The van der Waals surface area contributed by atoms with Crippen molar-refractivity contribution in [1.29, 1.82) is 0 Å².